The number of hydrogen-bond acceptors (Lipinski definition) is 5. The maximum atomic E-state index is 12.4. The Bertz CT molecular complexity index is 515. The number of ether oxygens (including phenoxy) is 1. The molecule has 1 atom stereocenters. The largest absolute Gasteiger partial charge is 0.458 e. The van der Waals surface area contributed by atoms with Crippen LogP contribution in [0.1, 0.15) is 49.9 Å². The van der Waals surface area contributed by atoms with Crippen molar-refractivity contribution < 1.29 is 18.7 Å². The molecule has 6 heteroatoms. The minimum atomic E-state index is -0.559. The van der Waals surface area contributed by atoms with Gasteiger partial charge in [0.15, 0.2) is 6.39 Å². The fourth-order valence-corrected chi connectivity index (χ4v) is 2.26. The number of carbonyl (C=O) groups excluding carboxylic acids is 2. The molecule has 1 amide bonds. The van der Waals surface area contributed by atoms with Gasteiger partial charge in [-0.2, -0.15) is 0 Å². The van der Waals surface area contributed by atoms with Crippen LogP contribution in [0.4, 0.5) is 0 Å². The summed E-state index contributed by atoms with van der Waals surface area (Å²) >= 11 is 0. The molecule has 0 saturated carbocycles. The first-order valence-electron chi connectivity index (χ1n) is 6.73. The highest BCUT2D eigenvalue weighted by Crippen LogP contribution is 2.23. The van der Waals surface area contributed by atoms with Gasteiger partial charge in [0.2, 0.25) is 5.76 Å². The third-order valence-electron chi connectivity index (χ3n) is 3.13. The molecule has 0 aromatic carbocycles. The second-order valence-electron chi connectivity index (χ2n) is 5.96. The first-order valence-corrected chi connectivity index (χ1v) is 6.73. The lowest BCUT2D eigenvalue weighted by atomic mass is 10.1. The average Bonchev–Trinajstić information content (AvgIpc) is 2.93. The Morgan fingerprint density at radius 2 is 2.15 bits per heavy atom. The van der Waals surface area contributed by atoms with Crippen LogP contribution in [0.5, 0.6) is 0 Å². The molecule has 6 nitrogen and oxygen atoms in total. The minimum Gasteiger partial charge on any atom is -0.458 e. The van der Waals surface area contributed by atoms with Crippen molar-refractivity contribution in [3.05, 3.63) is 17.8 Å². The minimum absolute atomic E-state index is 0.195. The maximum absolute atomic E-state index is 12.4. The fourth-order valence-electron chi connectivity index (χ4n) is 2.26. The standard InChI is InChI=1S/C14H20N2O4/c1-9-11(19-8-15-9)12(17)16-7-5-6-10(16)13(18)20-14(2,3)4/h8,10H,5-7H2,1-4H3/t10-/m1/s1. The lowest BCUT2D eigenvalue weighted by Gasteiger charge is -2.26. The molecule has 1 aliphatic rings. The summed E-state index contributed by atoms with van der Waals surface area (Å²) in [6.45, 7) is 7.67. The number of carbonyl (C=O) groups is 2. The first kappa shape index (κ1) is 14.6. The number of nitrogens with zero attached hydrogens (tertiary/aromatic N) is 2. The highest BCUT2D eigenvalue weighted by molar-refractivity contribution is 5.95. The molecule has 1 aromatic rings. The third-order valence-corrected chi connectivity index (χ3v) is 3.13. The average molecular weight is 280 g/mol. The Kier molecular flexibility index (Phi) is 3.83. The zero-order chi connectivity index (χ0) is 14.9. The van der Waals surface area contributed by atoms with E-state index in [4.69, 9.17) is 9.15 Å². The van der Waals surface area contributed by atoms with Crippen LogP contribution in [-0.4, -0.2) is 39.9 Å². The second kappa shape index (κ2) is 5.26. The molecule has 2 rings (SSSR count). The molecule has 1 fully saturated rings. The smallest absolute Gasteiger partial charge is 0.329 e. The van der Waals surface area contributed by atoms with Gasteiger partial charge in [0.25, 0.3) is 5.91 Å². The molecule has 0 N–H and O–H groups in total. The molecule has 1 saturated heterocycles. The monoisotopic (exact) mass is 280 g/mol. The van der Waals surface area contributed by atoms with Gasteiger partial charge in [-0.05, 0) is 40.5 Å². The van der Waals surface area contributed by atoms with E-state index in [0.717, 1.165) is 6.42 Å². The summed E-state index contributed by atoms with van der Waals surface area (Å²) in [4.78, 5) is 30.0. The molecule has 2 heterocycles. The van der Waals surface area contributed by atoms with E-state index in [0.29, 0.717) is 18.7 Å². The molecule has 0 unspecified atom stereocenters. The molecule has 20 heavy (non-hydrogen) atoms. The topological polar surface area (TPSA) is 72.6 Å². The number of hydrogen-bond donors (Lipinski definition) is 0. The van der Waals surface area contributed by atoms with E-state index in [1.807, 2.05) is 20.8 Å². The number of amides is 1. The van der Waals surface area contributed by atoms with Crippen molar-refractivity contribution in [2.45, 2.75) is 52.2 Å². The van der Waals surface area contributed by atoms with E-state index in [1.165, 1.54) is 11.3 Å². The van der Waals surface area contributed by atoms with Crippen LogP contribution >= 0.6 is 0 Å². The second-order valence-corrected chi connectivity index (χ2v) is 5.96. The zero-order valence-electron chi connectivity index (χ0n) is 12.3. The lowest BCUT2D eigenvalue weighted by Crippen LogP contribution is -2.43. The van der Waals surface area contributed by atoms with Crippen molar-refractivity contribution in [3.63, 3.8) is 0 Å². The molecule has 0 spiro atoms. The Hall–Kier alpha value is -1.85. The quantitative estimate of drug-likeness (QED) is 0.774. The van der Waals surface area contributed by atoms with Crippen molar-refractivity contribution in [1.29, 1.82) is 0 Å². The highest BCUT2D eigenvalue weighted by Gasteiger charge is 2.38. The summed E-state index contributed by atoms with van der Waals surface area (Å²) in [7, 11) is 0. The van der Waals surface area contributed by atoms with Crippen LogP contribution in [0.2, 0.25) is 0 Å². The van der Waals surface area contributed by atoms with Gasteiger partial charge in [-0.3, -0.25) is 4.79 Å². The summed E-state index contributed by atoms with van der Waals surface area (Å²) in [5.74, 6) is -0.464. The number of likely N-dealkylation sites (tertiary alicyclic amines) is 1. The Labute approximate surface area is 118 Å². The molecule has 0 bridgehead atoms. The third kappa shape index (κ3) is 3.00. The van der Waals surface area contributed by atoms with Crippen LogP contribution in [0.25, 0.3) is 0 Å². The summed E-state index contributed by atoms with van der Waals surface area (Å²) in [5.41, 5.74) is -0.0267. The maximum Gasteiger partial charge on any atom is 0.329 e. The van der Waals surface area contributed by atoms with Crippen molar-refractivity contribution in [1.82, 2.24) is 9.88 Å². The normalized spacial score (nSPS) is 19.2. The Morgan fingerprint density at radius 1 is 1.45 bits per heavy atom. The molecular formula is C14H20N2O4. The van der Waals surface area contributed by atoms with Crippen molar-refractivity contribution in [3.8, 4) is 0 Å². The van der Waals surface area contributed by atoms with Crippen molar-refractivity contribution in [2.75, 3.05) is 6.54 Å². The van der Waals surface area contributed by atoms with Crippen LogP contribution < -0.4 is 0 Å². The summed E-state index contributed by atoms with van der Waals surface area (Å²) in [6.07, 6.45) is 2.64. The zero-order valence-corrected chi connectivity index (χ0v) is 12.3. The number of rotatable bonds is 2. The van der Waals surface area contributed by atoms with Gasteiger partial charge in [-0.25, -0.2) is 9.78 Å². The van der Waals surface area contributed by atoms with Crippen molar-refractivity contribution in [2.24, 2.45) is 0 Å². The summed E-state index contributed by atoms with van der Waals surface area (Å²) in [6, 6.07) is -0.536. The van der Waals surface area contributed by atoms with E-state index in [-0.39, 0.29) is 17.6 Å². The van der Waals surface area contributed by atoms with E-state index in [1.54, 1.807) is 6.92 Å². The van der Waals surface area contributed by atoms with Crippen LogP contribution in [0.15, 0.2) is 10.8 Å². The van der Waals surface area contributed by atoms with E-state index in [9.17, 15) is 9.59 Å². The fraction of sp³-hybridized carbons (Fsp3) is 0.643. The van der Waals surface area contributed by atoms with Gasteiger partial charge in [-0.15, -0.1) is 0 Å². The highest BCUT2D eigenvalue weighted by atomic mass is 16.6. The molecular weight excluding hydrogens is 260 g/mol. The first-order chi connectivity index (χ1) is 9.29. The van der Waals surface area contributed by atoms with Gasteiger partial charge in [0, 0.05) is 6.54 Å². The summed E-state index contributed by atoms with van der Waals surface area (Å²) in [5, 5.41) is 0. The van der Waals surface area contributed by atoms with Crippen LogP contribution in [-0.2, 0) is 9.53 Å². The van der Waals surface area contributed by atoms with Crippen LogP contribution in [0, 0.1) is 6.92 Å². The Morgan fingerprint density at radius 3 is 2.70 bits per heavy atom. The molecule has 1 aliphatic heterocycles. The lowest BCUT2D eigenvalue weighted by molar-refractivity contribution is -0.159. The predicted octanol–water partition coefficient (Wildman–Crippen LogP) is 1.93. The molecule has 0 radical (unpaired) electrons. The van der Waals surface area contributed by atoms with Gasteiger partial charge >= 0.3 is 5.97 Å². The van der Waals surface area contributed by atoms with Gasteiger partial charge < -0.3 is 14.1 Å². The van der Waals surface area contributed by atoms with E-state index < -0.39 is 11.6 Å². The van der Waals surface area contributed by atoms with E-state index >= 15 is 0 Å². The molecule has 110 valence electrons. The van der Waals surface area contributed by atoms with Gasteiger partial charge in [0.1, 0.15) is 11.6 Å². The SMILES string of the molecule is Cc1ncoc1C(=O)N1CCC[C@@H]1C(=O)OC(C)(C)C. The number of aryl methyl sites for hydroxylation is 1. The summed E-state index contributed by atoms with van der Waals surface area (Å²) < 4.78 is 10.5. The van der Waals surface area contributed by atoms with Crippen molar-refractivity contribution >= 4 is 11.9 Å². The van der Waals surface area contributed by atoms with Gasteiger partial charge in [0.05, 0.1) is 5.69 Å². The van der Waals surface area contributed by atoms with Gasteiger partial charge in [-0.1, -0.05) is 0 Å². The van der Waals surface area contributed by atoms with E-state index in [2.05, 4.69) is 4.98 Å². The predicted molar refractivity (Wildman–Crippen MR) is 71.1 cm³/mol. The Balaban J connectivity index is 2.13. The van der Waals surface area contributed by atoms with Crippen LogP contribution in [0.3, 0.4) is 0 Å². The molecule has 1 aromatic heterocycles. The number of aromatic nitrogens is 1. The number of esters is 1. The number of oxazole rings is 1. The molecule has 0 aliphatic carbocycles.